The van der Waals surface area contributed by atoms with E-state index in [-0.39, 0.29) is 37.9 Å². The fourth-order valence-electron chi connectivity index (χ4n) is 7.76. The van der Waals surface area contributed by atoms with Crippen LogP contribution < -0.4 is 5.32 Å². The maximum Gasteiger partial charge on any atom is 0.472 e. The van der Waals surface area contributed by atoms with E-state index in [4.69, 9.17) is 13.8 Å². The summed E-state index contributed by atoms with van der Waals surface area (Å²) in [5.41, 5.74) is 0. The zero-order valence-corrected chi connectivity index (χ0v) is 50.1. The molecule has 0 aliphatic rings. The fourth-order valence-corrected chi connectivity index (χ4v) is 8.49. The van der Waals surface area contributed by atoms with Crippen molar-refractivity contribution < 1.29 is 37.3 Å². The van der Waals surface area contributed by atoms with Gasteiger partial charge in [-0.05, 0) is 122 Å². The van der Waals surface area contributed by atoms with Gasteiger partial charge >= 0.3 is 13.8 Å². The first-order valence-corrected chi connectivity index (χ1v) is 31.5. The number of quaternary nitrogens is 1. The second-order valence-electron chi connectivity index (χ2n) is 20.8. The van der Waals surface area contributed by atoms with Crippen LogP contribution in [0.2, 0.25) is 0 Å². The second kappa shape index (κ2) is 54.5. The third kappa shape index (κ3) is 54.9. The number of nitrogens with zero attached hydrogens (tertiary/aromatic N) is 1. The van der Waals surface area contributed by atoms with Crippen molar-refractivity contribution in [1.82, 2.24) is 5.32 Å². The SMILES string of the molecule is CC/C=C\C/C=C\C/C=C\C/C=C\C/C=C\C/C=C\CCCCCCC(=O)OC(/C=C\CCCCCCCCCCC)C(COP(=O)(O)OCC[N+](C)(C)C)NC(=O)CCCCC/C=C/C/C=C/C/C=C/C/C=C/CC. The van der Waals surface area contributed by atoms with Gasteiger partial charge in [0.2, 0.25) is 5.91 Å². The molecule has 0 heterocycles. The van der Waals surface area contributed by atoms with Crippen LogP contribution >= 0.6 is 7.82 Å². The number of phosphoric acid groups is 1. The number of amides is 1. The molecule has 0 aliphatic heterocycles. The van der Waals surface area contributed by atoms with E-state index < -0.39 is 20.0 Å². The van der Waals surface area contributed by atoms with Gasteiger partial charge in [0, 0.05) is 12.8 Å². The molecule has 0 radical (unpaired) electrons. The minimum atomic E-state index is -4.47. The van der Waals surface area contributed by atoms with Gasteiger partial charge in [-0.1, -0.05) is 219 Å². The van der Waals surface area contributed by atoms with Crippen molar-refractivity contribution in [2.75, 3.05) is 40.9 Å². The van der Waals surface area contributed by atoms with E-state index in [0.717, 1.165) is 128 Å². The van der Waals surface area contributed by atoms with Crippen molar-refractivity contribution in [3.05, 3.63) is 134 Å². The predicted molar refractivity (Wildman–Crippen MR) is 327 cm³/mol. The standard InChI is InChI=1S/C66H111N2O7P/c1-7-10-13-16-19-22-25-27-29-31-32-33-34-35-36-37-39-41-44-47-50-53-56-59-66(70)75-64(57-54-51-48-45-42-24-21-18-15-12-9-3)63(62-74-76(71,72)73-61-60-68(4,5)6)67-65(69)58-55-52-49-46-43-40-38-30-28-26-23-20-17-14-11-8-2/h10-11,13-14,19-20,22-23,27-30,32-33,35-36,39-41,43,54,57,63-64H,7-9,12,15-18,21,24-26,31,34,37-38,42,44-53,55-56,58-62H2,1-6H3,(H-,67,69,71,72)/p+1/b13-10-,14-11+,22-19-,23-20+,29-27-,30-28+,33-32-,36-35-,41-39-,43-40+,57-54-. The Kier molecular flexibility index (Phi) is 51.7. The summed E-state index contributed by atoms with van der Waals surface area (Å²) in [5, 5.41) is 3.02. The molecule has 1 amide bonds. The van der Waals surface area contributed by atoms with Crippen LogP contribution in [0, 0.1) is 0 Å². The molecule has 10 heteroatoms. The highest BCUT2D eigenvalue weighted by molar-refractivity contribution is 7.47. The molecule has 2 N–H and O–H groups in total. The van der Waals surface area contributed by atoms with E-state index >= 15 is 0 Å². The van der Waals surface area contributed by atoms with E-state index in [0.29, 0.717) is 23.9 Å². The van der Waals surface area contributed by atoms with Gasteiger partial charge in [0.1, 0.15) is 19.3 Å². The molecule has 0 aromatic carbocycles. The Hall–Kier alpha value is -3.85. The van der Waals surface area contributed by atoms with Crippen molar-refractivity contribution in [2.45, 2.75) is 232 Å². The van der Waals surface area contributed by atoms with Crippen LogP contribution in [-0.4, -0.2) is 74.3 Å². The van der Waals surface area contributed by atoms with E-state index in [1.165, 1.54) is 44.9 Å². The number of ether oxygens (including phenoxy) is 1. The molecular weight excluding hydrogens is 964 g/mol. The van der Waals surface area contributed by atoms with Gasteiger partial charge in [-0.25, -0.2) is 4.57 Å². The predicted octanol–water partition coefficient (Wildman–Crippen LogP) is 18.5. The molecule has 432 valence electrons. The number of unbranched alkanes of at least 4 members (excludes halogenated alkanes) is 16. The van der Waals surface area contributed by atoms with E-state index in [9.17, 15) is 19.0 Å². The van der Waals surface area contributed by atoms with E-state index in [1.54, 1.807) is 0 Å². The first kappa shape index (κ1) is 72.2. The molecule has 3 atom stereocenters. The normalized spacial score (nSPS) is 14.7. The summed E-state index contributed by atoms with van der Waals surface area (Å²) >= 11 is 0. The van der Waals surface area contributed by atoms with Gasteiger partial charge in [0.25, 0.3) is 0 Å². The average Bonchev–Trinajstić information content (AvgIpc) is 3.38. The topological polar surface area (TPSA) is 111 Å². The van der Waals surface area contributed by atoms with Crippen LogP contribution in [0.1, 0.15) is 220 Å². The molecule has 9 nitrogen and oxygen atoms in total. The molecule has 0 aromatic heterocycles. The summed E-state index contributed by atoms with van der Waals surface area (Å²) < 4.78 is 30.6. The molecule has 3 unspecified atom stereocenters. The fraction of sp³-hybridized carbons (Fsp3) is 0.636. The number of phosphoric ester groups is 1. The van der Waals surface area contributed by atoms with Crippen LogP contribution in [-0.2, 0) is 27.9 Å². The van der Waals surface area contributed by atoms with Crippen LogP contribution in [0.4, 0.5) is 0 Å². The number of esters is 1. The van der Waals surface area contributed by atoms with Gasteiger partial charge in [-0.2, -0.15) is 0 Å². The second-order valence-corrected chi connectivity index (χ2v) is 22.2. The summed E-state index contributed by atoms with van der Waals surface area (Å²) in [7, 11) is 1.44. The van der Waals surface area contributed by atoms with Gasteiger partial charge in [-0.3, -0.25) is 18.6 Å². The van der Waals surface area contributed by atoms with Crippen molar-refractivity contribution in [3.63, 3.8) is 0 Å². The maximum absolute atomic E-state index is 13.5. The highest BCUT2D eigenvalue weighted by atomic mass is 31.2. The average molecular weight is 1080 g/mol. The molecule has 0 rings (SSSR count). The zero-order chi connectivity index (χ0) is 55.7. The van der Waals surface area contributed by atoms with Crippen LogP contribution in [0.25, 0.3) is 0 Å². The molecule has 0 bridgehead atoms. The van der Waals surface area contributed by atoms with Crippen LogP contribution in [0.5, 0.6) is 0 Å². The number of carbonyl (C=O) groups excluding carboxylic acids is 2. The summed E-state index contributed by atoms with van der Waals surface area (Å²) in [6, 6.07) is -0.885. The van der Waals surface area contributed by atoms with Gasteiger partial charge in [0.05, 0.1) is 33.8 Å². The monoisotopic (exact) mass is 1080 g/mol. The summed E-state index contributed by atoms with van der Waals surface area (Å²) in [4.78, 5) is 37.6. The number of nitrogens with one attached hydrogen (secondary N) is 1. The highest BCUT2D eigenvalue weighted by Crippen LogP contribution is 2.43. The number of likely N-dealkylation sites (N-methyl/N-ethyl adjacent to an activating group) is 1. The van der Waals surface area contributed by atoms with Crippen molar-refractivity contribution in [1.29, 1.82) is 0 Å². The lowest BCUT2D eigenvalue weighted by Gasteiger charge is -2.27. The van der Waals surface area contributed by atoms with Gasteiger partial charge in [0.15, 0.2) is 0 Å². The smallest absolute Gasteiger partial charge is 0.456 e. The van der Waals surface area contributed by atoms with Gasteiger partial charge < -0.3 is 19.4 Å². The first-order valence-electron chi connectivity index (χ1n) is 30.0. The van der Waals surface area contributed by atoms with Crippen LogP contribution in [0.15, 0.2) is 134 Å². The first-order chi connectivity index (χ1) is 36.9. The Labute approximate surface area is 466 Å². The molecule has 0 aliphatic carbocycles. The molecule has 0 saturated carbocycles. The number of carbonyl (C=O) groups is 2. The Morgan fingerprint density at radius 2 is 0.842 bits per heavy atom. The molecule has 0 fully saturated rings. The number of hydrogen-bond donors (Lipinski definition) is 2. The number of rotatable bonds is 52. The summed E-state index contributed by atoms with van der Waals surface area (Å²) in [6.07, 6.45) is 77.4. The Bertz CT molecular complexity index is 1760. The Morgan fingerprint density at radius 1 is 0.474 bits per heavy atom. The zero-order valence-electron chi connectivity index (χ0n) is 49.2. The lowest BCUT2D eigenvalue weighted by molar-refractivity contribution is -0.870. The Morgan fingerprint density at radius 3 is 1.28 bits per heavy atom. The quantitative estimate of drug-likeness (QED) is 0.0205. The molecule has 0 saturated heterocycles. The van der Waals surface area contributed by atoms with E-state index in [2.05, 4.69) is 148 Å². The van der Waals surface area contributed by atoms with Crippen molar-refractivity contribution in [3.8, 4) is 0 Å². The molecule has 0 spiro atoms. The van der Waals surface area contributed by atoms with E-state index in [1.807, 2.05) is 33.3 Å². The maximum atomic E-state index is 13.5. The minimum absolute atomic E-state index is 0.0215. The minimum Gasteiger partial charge on any atom is -0.456 e. The molecule has 76 heavy (non-hydrogen) atoms. The van der Waals surface area contributed by atoms with Crippen molar-refractivity contribution in [2.24, 2.45) is 0 Å². The largest absolute Gasteiger partial charge is 0.472 e. The lowest BCUT2D eigenvalue weighted by Crippen LogP contribution is -2.47. The number of allylic oxidation sites excluding steroid dienone is 21. The van der Waals surface area contributed by atoms with Crippen LogP contribution in [0.3, 0.4) is 0 Å². The third-order valence-corrected chi connectivity index (χ3v) is 13.3. The molecular formula is C66H112N2O7P+. The van der Waals surface area contributed by atoms with Gasteiger partial charge in [-0.15, -0.1) is 0 Å². The Balaban J connectivity index is 5.35. The summed E-state index contributed by atoms with van der Waals surface area (Å²) in [5.74, 6) is -0.583. The lowest BCUT2D eigenvalue weighted by atomic mass is 10.1. The van der Waals surface area contributed by atoms with Crippen molar-refractivity contribution >= 4 is 19.7 Å². The number of hydrogen-bond acceptors (Lipinski definition) is 6. The third-order valence-electron chi connectivity index (χ3n) is 12.3. The summed E-state index contributed by atoms with van der Waals surface area (Å²) in [6.45, 7) is 6.71. The molecule has 0 aromatic rings. The highest BCUT2D eigenvalue weighted by Gasteiger charge is 2.30.